The van der Waals surface area contributed by atoms with Crippen LogP contribution in [0.1, 0.15) is 37.7 Å². The molecule has 1 aromatic carbocycles. The Morgan fingerprint density at radius 3 is 2.54 bits per heavy atom. The Morgan fingerprint density at radius 1 is 1.15 bits per heavy atom. The maximum atomic E-state index is 12.4. The van der Waals surface area contributed by atoms with Gasteiger partial charge in [-0.15, -0.1) is 0 Å². The van der Waals surface area contributed by atoms with Gasteiger partial charge in [0.05, 0.1) is 17.6 Å². The summed E-state index contributed by atoms with van der Waals surface area (Å²) in [5.74, 6) is 0.696. The fourth-order valence-corrected chi connectivity index (χ4v) is 4.84. The molecule has 0 unspecified atom stereocenters. The van der Waals surface area contributed by atoms with Crippen LogP contribution in [0.5, 0.6) is 0 Å². The van der Waals surface area contributed by atoms with Crippen LogP contribution in [0, 0.1) is 0 Å². The van der Waals surface area contributed by atoms with Crippen LogP contribution in [-0.4, -0.2) is 26.5 Å². The first-order valence-corrected chi connectivity index (χ1v) is 10.9. The smallest absolute Gasteiger partial charge is 0.237 e. The Kier molecular flexibility index (Phi) is 6.04. The minimum Gasteiger partial charge on any atom is -0.357 e. The van der Waals surface area contributed by atoms with Crippen LogP contribution in [0.4, 0.5) is 11.5 Å². The number of pyridine rings is 1. The SMILES string of the molecule is CN(c1ccc(NS(=O)(=O)Cc2ccccc2Cl)cn1)C1CCCCC1. The quantitative estimate of drug-likeness (QED) is 0.787. The highest BCUT2D eigenvalue weighted by molar-refractivity contribution is 7.91. The normalized spacial score (nSPS) is 15.6. The zero-order valence-electron chi connectivity index (χ0n) is 14.9. The summed E-state index contributed by atoms with van der Waals surface area (Å²) in [6.45, 7) is 0. The molecule has 0 aliphatic heterocycles. The first kappa shape index (κ1) is 19.0. The Labute approximate surface area is 160 Å². The van der Waals surface area contributed by atoms with Gasteiger partial charge in [0.2, 0.25) is 10.0 Å². The van der Waals surface area contributed by atoms with Crippen LogP contribution in [-0.2, 0) is 15.8 Å². The van der Waals surface area contributed by atoms with E-state index in [4.69, 9.17) is 11.6 Å². The standard InChI is InChI=1S/C19H24ClN3O2S/c1-23(17-8-3-2-4-9-17)19-12-11-16(13-21-19)22-26(24,25)14-15-7-5-6-10-18(15)20/h5-7,10-13,17,22H,2-4,8-9,14H2,1H3. The van der Waals surface area contributed by atoms with Crippen LogP contribution in [0.15, 0.2) is 42.6 Å². The van der Waals surface area contributed by atoms with Crippen LogP contribution in [0.2, 0.25) is 5.02 Å². The van der Waals surface area contributed by atoms with Crippen molar-refractivity contribution in [2.24, 2.45) is 0 Å². The highest BCUT2D eigenvalue weighted by Crippen LogP contribution is 2.26. The molecular weight excluding hydrogens is 370 g/mol. The summed E-state index contributed by atoms with van der Waals surface area (Å²) in [4.78, 5) is 6.63. The first-order valence-electron chi connectivity index (χ1n) is 8.87. The van der Waals surface area contributed by atoms with Crippen molar-refractivity contribution in [3.05, 3.63) is 53.2 Å². The van der Waals surface area contributed by atoms with Gasteiger partial charge in [-0.1, -0.05) is 49.1 Å². The Balaban J connectivity index is 1.65. The Morgan fingerprint density at radius 2 is 1.88 bits per heavy atom. The summed E-state index contributed by atoms with van der Waals surface area (Å²) < 4.78 is 27.3. The van der Waals surface area contributed by atoms with Gasteiger partial charge in [0.15, 0.2) is 0 Å². The van der Waals surface area contributed by atoms with Crippen LogP contribution in [0.25, 0.3) is 0 Å². The molecule has 0 spiro atoms. The number of halogens is 1. The zero-order valence-corrected chi connectivity index (χ0v) is 16.4. The average Bonchev–Trinajstić information content (AvgIpc) is 2.64. The fourth-order valence-electron chi connectivity index (χ4n) is 3.35. The molecule has 0 saturated heterocycles. The average molecular weight is 394 g/mol. The summed E-state index contributed by atoms with van der Waals surface area (Å²) >= 11 is 6.05. The minimum absolute atomic E-state index is 0.170. The van der Waals surface area contributed by atoms with Crippen molar-refractivity contribution in [2.75, 3.05) is 16.7 Å². The molecule has 1 saturated carbocycles. The van der Waals surface area contributed by atoms with Gasteiger partial charge < -0.3 is 4.90 Å². The van der Waals surface area contributed by atoms with Crippen LogP contribution >= 0.6 is 11.6 Å². The lowest BCUT2D eigenvalue weighted by atomic mass is 9.94. The molecule has 1 heterocycles. The molecule has 26 heavy (non-hydrogen) atoms. The molecule has 0 radical (unpaired) electrons. The van der Waals surface area contributed by atoms with Gasteiger partial charge in [-0.2, -0.15) is 0 Å². The third kappa shape index (κ3) is 4.89. The highest BCUT2D eigenvalue weighted by atomic mass is 35.5. The van der Waals surface area contributed by atoms with E-state index in [1.54, 1.807) is 36.5 Å². The highest BCUT2D eigenvalue weighted by Gasteiger charge is 2.19. The van der Waals surface area contributed by atoms with Crippen molar-refractivity contribution in [1.82, 2.24) is 4.98 Å². The molecule has 3 rings (SSSR count). The molecule has 1 aliphatic carbocycles. The number of hydrogen-bond acceptors (Lipinski definition) is 4. The van der Waals surface area contributed by atoms with Crippen molar-refractivity contribution in [3.8, 4) is 0 Å². The number of sulfonamides is 1. The molecule has 1 aliphatic rings. The van der Waals surface area contributed by atoms with E-state index in [0.29, 0.717) is 22.3 Å². The van der Waals surface area contributed by atoms with E-state index in [0.717, 1.165) is 5.82 Å². The van der Waals surface area contributed by atoms with Gasteiger partial charge in [-0.3, -0.25) is 4.72 Å². The van der Waals surface area contributed by atoms with Crippen molar-refractivity contribution >= 4 is 33.1 Å². The predicted octanol–water partition coefficient (Wildman–Crippen LogP) is 4.45. The van der Waals surface area contributed by atoms with E-state index in [1.807, 2.05) is 6.07 Å². The number of nitrogens with zero attached hydrogens (tertiary/aromatic N) is 2. The molecule has 140 valence electrons. The lowest BCUT2D eigenvalue weighted by Gasteiger charge is -2.32. The first-order chi connectivity index (χ1) is 12.4. The molecule has 0 bridgehead atoms. The van der Waals surface area contributed by atoms with E-state index < -0.39 is 10.0 Å². The number of aromatic nitrogens is 1. The summed E-state index contributed by atoms with van der Waals surface area (Å²) in [6.07, 6.45) is 7.77. The lowest BCUT2D eigenvalue weighted by Crippen LogP contribution is -2.33. The summed E-state index contributed by atoms with van der Waals surface area (Å²) in [6, 6.07) is 11.1. The number of benzene rings is 1. The molecule has 0 amide bonds. The molecular formula is C19H24ClN3O2S. The number of hydrogen-bond donors (Lipinski definition) is 1. The van der Waals surface area contributed by atoms with Gasteiger partial charge in [0.25, 0.3) is 0 Å². The Hall–Kier alpha value is -1.79. The van der Waals surface area contributed by atoms with E-state index in [-0.39, 0.29) is 5.75 Å². The summed E-state index contributed by atoms with van der Waals surface area (Å²) in [7, 11) is -1.50. The molecule has 1 aromatic heterocycles. The van der Waals surface area contributed by atoms with Crippen molar-refractivity contribution in [1.29, 1.82) is 0 Å². The second-order valence-electron chi connectivity index (χ2n) is 6.76. The van der Waals surface area contributed by atoms with E-state index in [9.17, 15) is 8.42 Å². The fraction of sp³-hybridized carbons (Fsp3) is 0.421. The number of rotatable bonds is 6. The molecule has 2 aromatic rings. The van der Waals surface area contributed by atoms with E-state index in [2.05, 4.69) is 21.7 Å². The predicted molar refractivity (Wildman–Crippen MR) is 107 cm³/mol. The van der Waals surface area contributed by atoms with Gasteiger partial charge >= 0.3 is 0 Å². The molecule has 1 N–H and O–H groups in total. The zero-order chi connectivity index (χ0) is 18.6. The van der Waals surface area contributed by atoms with Crippen LogP contribution in [0.3, 0.4) is 0 Å². The maximum absolute atomic E-state index is 12.4. The molecule has 7 heteroatoms. The second kappa shape index (κ2) is 8.27. The van der Waals surface area contributed by atoms with Gasteiger partial charge in [-0.05, 0) is 36.6 Å². The van der Waals surface area contributed by atoms with Crippen molar-refractivity contribution in [3.63, 3.8) is 0 Å². The lowest BCUT2D eigenvalue weighted by molar-refractivity contribution is 0.426. The second-order valence-corrected chi connectivity index (χ2v) is 8.89. The van der Waals surface area contributed by atoms with E-state index >= 15 is 0 Å². The monoisotopic (exact) mass is 393 g/mol. The summed E-state index contributed by atoms with van der Waals surface area (Å²) in [5.41, 5.74) is 1.03. The minimum atomic E-state index is -3.55. The van der Waals surface area contributed by atoms with Gasteiger partial charge in [-0.25, -0.2) is 13.4 Å². The van der Waals surface area contributed by atoms with Crippen molar-refractivity contribution in [2.45, 2.75) is 43.9 Å². The molecule has 1 fully saturated rings. The number of nitrogens with one attached hydrogen (secondary N) is 1. The van der Waals surface area contributed by atoms with Gasteiger partial charge in [0.1, 0.15) is 5.82 Å². The third-order valence-electron chi connectivity index (χ3n) is 4.81. The maximum Gasteiger partial charge on any atom is 0.237 e. The van der Waals surface area contributed by atoms with E-state index in [1.165, 1.54) is 32.1 Å². The number of anilines is 2. The topological polar surface area (TPSA) is 62.3 Å². The molecule has 5 nitrogen and oxygen atoms in total. The largest absolute Gasteiger partial charge is 0.357 e. The Bertz CT molecular complexity index is 834. The summed E-state index contributed by atoms with van der Waals surface area (Å²) in [5, 5.41) is 0.445. The van der Waals surface area contributed by atoms with Gasteiger partial charge in [0, 0.05) is 18.1 Å². The molecule has 0 atom stereocenters. The van der Waals surface area contributed by atoms with Crippen molar-refractivity contribution < 1.29 is 8.42 Å². The van der Waals surface area contributed by atoms with Crippen LogP contribution < -0.4 is 9.62 Å². The third-order valence-corrected chi connectivity index (χ3v) is 6.41.